The van der Waals surface area contributed by atoms with Crippen LogP contribution in [0.1, 0.15) is 36.8 Å². The fourth-order valence-corrected chi connectivity index (χ4v) is 3.43. The van der Waals surface area contributed by atoms with E-state index < -0.39 is 0 Å². The number of hydrogen-bond acceptors (Lipinski definition) is 2. The molecule has 0 saturated carbocycles. The maximum atomic E-state index is 10.5. The van der Waals surface area contributed by atoms with Gasteiger partial charge in [0.25, 0.3) is 0 Å². The van der Waals surface area contributed by atoms with E-state index in [1.807, 2.05) is 30.4 Å². The molecule has 2 rings (SSSR count). The molecule has 2 aromatic carbocycles. The van der Waals surface area contributed by atoms with Crippen LogP contribution in [0, 0.1) is 0 Å². The molecular weight excluding hydrogens is 400 g/mol. The van der Waals surface area contributed by atoms with Crippen LogP contribution in [0.5, 0.6) is 11.5 Å². The normalized spacial score (nSPS) is 10.6. The second-order valence-electron chi connectivity index (χ2n) is 6.62. The monoisotopic (exact) mass is 428 g/mol. The number of phenolic OH excluding ortho intramolecular Hbond substituents is 1. The zero-order valence-corrected chi connectivity index (χ0v) is 17.5. The number of alkyl halides is 1. The molecule has 0 unspecified atom stereocenters. The quantitative estimate of drug-likeness (QED) is 0.227. The van der Waals surface area contributed by atoms with Crippen molar-refractivity contribution in [1.29, 1.82) is 0 Å². The average molecular weight is 429 g/mol. The number of benzene rings is 2. The van der Waals surface area contributed by atoms with E-state index in [-0.39, 0.29) is 5.75 Å². The summed E-state index contributed by atoms with van der Waals surface area (Å²) in [5.74, 6) is 1.08. The van der Waals surface area contributed by atoms with Crippen molar-refractivity contribution in [3.05, 3.63) is 72.8 Å². The van der Waals surface area contributed by atoms with Crippen LogP contribution < -0.4 is 4.74 Å². The lowest BCUT2D eigenvalue weighted by atomic mass is 9.97. The first-order valence-corrected chi connectivity index (χ1v) is 10.7. The number of hydrogen-bond donors (Lipinski definition) is 1. The molecule has 0 aliphatic heterocycles. The molecule has 1 N–H and O–H groups in total. The Balaban J connectivity index is 2.26. The van der Waals surface area contributed by atoms with E-state index in [0.717, 1.165) is 59.0 Å². The molecule has 2 aromatic rings. The average Bonchev–Trinajstić information content (AvgIpc) is 2.67. The highest BCUT2D eigenvalue weighted by Gasteiger charge is 2.12. The van der Waals surface area contributed by atoms with Gasteiger partial charge in [0, 0.05) is 16.5 Å². The third-order valence-corrected chi connectivity index (χ3v) is 5.00. The summed E-state index contributed by atoms with van der Waals surface area (Å²) in [6.45, 7) is 8.32. The van der Waals surface area contributed by atoms with E-state index in [1.165, 1.54) is 12.8 Å². The Morgan fingerprint density at radius 3 is 2.15 bits per heavy atom. The lowest BCUT2D eigenvalue weighted by Crippen LogP contribution is -2.00. The Kier molecular flexibility index (Phi) is 9.20. The van der Waals surface area contributed by atoms with E-state index in [9.17, 15) is 5.11 Å². The molecule has 0 spiro atoms. The number of allylic oxidation sites excluding steroid dienone is 2. The lowest BCUT2D eigenvalue weighted by Gasteiger charge is -2.15. The van der Waals surface area contributed by atoms with Gasteiger partial charge in [0.1, 0.15) is 11.5 Å². The van der Waals surface area contributed by atoms with Crippen LogP contribution in [-0.4, -0.2) is 17.0 Å². The van der Waals surface area contributed by atoms with Crippen molar-refractivity contribution in [3.8, 4) is 22.6 Å². The molecule has 0 bridgehead atoms. The maximum Gasteiger partial charge on any atom is 0.127 e. The van der Waals surface area contributed by atoms with Crippen LogP contribution in [0.25, 0.3) is 11.1 Å². The summed E-state index contributed by atoms with van der Waals surface area (Å²) in [5, 5.41) is 11.5. The second-order valence-corrected chi connectivity index (χ2v) is 7.41. The molecule has 0 atom stereocenters. The molecule has 0 heterocycles. The molecule has 0 radical (unpaired) electrons. The zero-order chi connectivity index (χ0) is 19.5. The summed E-state index contributed by atoms with van der Waals surface area (Å²) < 4.78 is 6.09. The summed E-state index contributed by atoms with van der Waals surface area (Å²) in [6, 6.07) is 11.9. The van der Waals surface area contributed by atoms with Crippen LogP contribution in [0.15, 0.2) is 61.7 Å². The van der Waals surface area contributed by atoms with Crippen LogP contribution in [0.2, 0.25) is 0 Å². The first-order chi connectivity index (χ1) is 13.2. The number of rotatable bonds is 12. The summed E-state index contributed by atoms with van der Waals surface area (Å²) in [4.78, 5) is 0. The van der Waals surface area contributed by atoms with Gasteiger partial charge in [0.05, 0.1) is 6.61 Å². The molecule has 0 aromatic heterocycles. The van der Waals surface area contributed by atoms with Crippen LogP contribution in [0.4, 0.5) is 0 Å². The first kappa shape index (κ1) is 21.3. The fourth-order valence-electron chi connectivity index (χ4n) is 3.03. The Morgan fingerprint density at radius 1 is 0.852 bits per heavy atom. The molecular formula is C24H29BrO2. The van der Waals surface area contributed by atoms with Crippen molar-refractivity contribution >= 4 is 15.9 Å². The highest BCUT2D eigenvalue weighted by Crippen LogP contribution is 2.37. The smallest absolute Gasteiger partial charge is 0.127 e. The van der Waals surface area contributed by atoms with E-state index in [4.69, 9.17) is 4.74 Å². The van der Waals surface area contributed by atoms with Gasteiger partial charge < -0.3 is 9.84 Å². The van der Waals surface area contributed by atoms with Crippen molar-refractivity contribution < 1.29 is 9.84 Å². The van der Waals surface area contributed by atoms with Gasteiger partial charge in [-0.3, -0.25) is 0 Å². The number of ether oxygens (including phenoxy) is 1. The Hall–Kier alpha value is -2.00. The lowest BCUT2D eigenvalue weighted by molar-refractivity contribution is 0.306. The third-order valence-electron chi connectivity index (χ3n) is 4.44. The van der Waals surface area contributed by atoms with Crippen LogP contribution in [-0.2, 0) is 12.8 Å². The predicted molar refractivity (Wildman–Crippen MR) is 119 cm³/mol. The molecule has 0 saturated heterocycles. The third kappa shape index (κ3) is 6.59. The molecule has 144 valence electrons. The van der Waals surface area contributed by atoms with Crippen molar-refractivity contribution in [2.75, 3.05) is 11.9 Å². The molecule has 0 aliphatic carbocycles. The summed E-state index contributed by atoms with van der Waals surface area (Å²) in [6.07, 6.45) is 9.91. The van der Waals surface area contributed by atoms with E-state index >= 15 is 0 Å². The molecule has 3 heteroatoms. The molecule has 0 fully saturated rings. The van der Waals surface area contributed by atoms with Gasteiger partial charge in [0.15, 0.2) is 0 Å². The van der Waals surface area contributed by atoms with Crippen LogP contribution in [0.3, 0.4) is 0 Å². The Morgan fingerprint density at radius 2 is 1.48 bits per heavy atom. The van der Waals surface area contributed by atoms with Crippen molar-refractivity contribution in [1.82, 2.24) is 0 Å². The SMILES string of the molecule is C=CCc1ccc(O)c(-c2cc(CC=C)ccc2OCCCCCCBr)c1. The number of unbranched alkanes of at least 4 members (excludes halogenated alkanes) is 3. The van der Waals surface area contributed by atoms with Crippen molar-refractivity contribution in [2.24, 2.45) is 0 Å². The van der Waals surface area contributed by atoms with E-state index in [2.05, 4.69) is 41.2 Å². The van der Waals surface area contributed by atoms with Crippen molar-refractivity contribution in [3.63, 3.8) is 0 Å². The number of phenols is 1. The minimum Gasteiger partial charge on any atom is -0.507 e. The van der Waals surface area contributed by atoms with Gasteiger partial charge in [-0.1, -0.05) is 53.1 Å². The molecule has 27 heavy (non-hydrogen) atoms. The van der Waals surface area contributed by atoms with Crippen LogP contribution >= 0.6 is 15.9 Å². The minimum atomic E-state index is 0.265. The minimum absolute atomic E-state index is 0.265. The highest BCUT2D eigenvalue weighted by atomic mass is 79.9. The largest absolute Gasteiger partial charge is 0.507 e. The summed E-state index contributed by atoms with van der Waals surface area (Å²) in [7, 11) is 0. The van der Waals surface area contributed by atoms with Gasteiger partial charge in [-0.25, -0.2) is 0 Å². The number of aromatic hydroxyl groups is 1. The predicted octanol–water partition coefficient (Wildman–Crippen LogP) is 6.85. The van der Waals surface area contributed by atoms with Gasteiger partial charge >= 0.3 is 0 Å². The standard InChI is InChI=1S/C24H29BrO2/c1-3-9-19-11-13-23(26)21(17-19)22-18-20(10-4-2)12-14-24(22)27-16-8-6-5-7-15-25/h3-4,11-14,17-18,26H,1-2,5-10,15-16H2. The van der Waals surface area contributed by atoms with Gasteiger partial charge in [-0.15, -0.1) is 13.2 Å². The molecule has 2 nitrogen and oxygen atoms in total. The zero-order valence-electron chi connectivity index (χ0n) is 15.9. The summed E-state index contributed by atoms with van der Waals surface area (Å²) in [5.41, 5.74) is 4.00. The topological polar surface area (TPSA) is 29.5 Å². The number of halogens is 1. The van der Waals surface area contributed by atoms with Gasteiger partial charge in [-0.2, -0.15) is 0 Å². The molecule has 0 amide bonds. The van der Waals surface area contributed by atoms with E-state index in [0.29, 0.717) is 6.61 Å². The second kappa shape index (κ2) is 11.7. The first-order valence-electron chi connectivity index (χ1n) is 9.55. The maximum absolute atomic E-state index is 10.5. The van der Waals surface area contributed by atoms with E-state index in [1.54, 1.807) is 6.07 Å². The van der Waals surface area contributed by atoms with Gasteiger partial charge in [-0.05, 0) is 61.1 Å². The Labute approximate surface area is 171 Å². The van der Waals surface area contributed by atoms with Crippen molar-refractivity contribution in [2.45, 2.75) is 38.5 Å². The highest BCUT2D eigenvalue weighted by molar-refractivity contribution is 9.09. The van der Waals surface area contributed by atoms with Gasteiger partial charge in [0.2, 0.25) is 0 Å². The molecule has 0 aliphatic rings. The summed E-state index contributed by atoms with van der Waals surface area (Å²) >= 11 is 3.47. The fraction of sp³-hybridized carbons (Fsp3) is 0.333. The Bertz CT molecular complexity index is 752.